The van der Waals surface area contributed by atoms with E-state index in [2.05, 4.69) is 164 Å². The molecule has 0 spiro atoms. The zero-order valence-corrected chi connectivity index (χ0v) is 30.7. The molecule has 6 rings (SSSR count). The minimum Gasteiger partial charge on any atom is -0.507 e. The molecule has 2 aromatic heterocycles. The van der Waals surface area contributed by atoms with E-state index in [4.69, 9.17) is 9.97 Å². The summed E-state index contributed by atoms with van der Waals surface area (Å²) in [4.78, 5) is 10.3. The maximum Gasteiger partial charge on any atom is 0.144 e. The summed E-state index contributed by atoms with van der Waals surface area (Å²) in [6, 6.07) is 25.9. The van der Waals surface area contributed by atoms with Crippen molar-refractivity contribution in [2.45, 2.75) is 84.4 Å². The summed E-state index contributed by atoms with van der Waals surface area (Å²) >= 11 is 0. The summed E-state index contributed by atoms with van der Waals surface area (Å²) in [5, 5.41) is 13.1. The van der Waals surface area contributed by atoms with Crippen molar-refractivity contribution in [2.75, 3.05) is 0 Å². The molecule has 3 aromatic carbocycles. The van der Waals surface area contributed by atoms with Crippen molar-refractivity contribution in [1.82, 2.24) is 14.5 Å². The summed E-state index contributed by atoms with van der Waals surface area (Å²) in [6.07, 6.45) is 7.64. The Kier molecular flexibility index (Phi) is 8.20. The van der Waals surface area contributed by atoms with E-state index in [9.17, 15) is 5.11 Å². The standard InChI is InChI=1S/C42H49N3OSi/c1-41(2,3)31-24-34(39(46)35(25-31)42(4,5)6)40-44-38-33(17-14-18-37(38)45(40)7)29-21-28(27-15-12-11-13-16-27)22-30(23-29)36-20-19-32(26-43-36)47(8,9)10/h11-22,24-26,29,46H,23H2,1-10H3. The molecule has 0 fully saturated rings. The molecule has 1 N–H and O–H groups in total. The van der Waals surface area contributed by atoms with Crippen molar-refractivity contribution < 1.29 is 5.11 Å². The van der Waals surface area contributed by atoms with Crippen LogP contribution in [0.4, 0.5) is 0 Å². The van der Waals surface area contributed by atoms with Gasteiger partial charge in [-0.05, 0) is 74.5 Å². The van der Waals surface area contributed by atoms with Gasteiger partial charge in [-0.3, -0.25) is 4.98 Å². The lowest BCUT2D eigenvalue weighted by atomic mass is 9.79. The zero-order valence-electron chi connectivity index (χ0n) is 29.7. The fourth-order valence-electron chi connectivity index (χ4n) is 6.61. The number of aromatic nitrogens is 3. The number of para-hydroxylation sites is 1. The van der Waals surface area contributed by atoms with E-state index in [1.807, 2.05) is 0 Å². The molecule has 47 heavy (non-hydrogen) atoms. The van der Waals surface area contributed by atoms with Crippen LogP contribution in [0.3, 0.4) is 0 Å². The number of pyridine rings is 1. The number of fused-ring (bicyclic) bond motifs is 1. The Morgan fingerprint density at radius 2 is 1.57 bits per heavy atom. The van der Waals surface area contributed by atoms with E-state index in [1.54, 1.807) is 0 Å². The normalized spacial score (nSPS) is 15.9. The van der Waals surface area contributed by atoms with Gasteiger partial charge in [0.25, 0.3) is 0 Å². The van der Waals surface area contributed by atoms with E-state index in [-0.39, 0.29) is 16.7 Å². The number of aromatic hydroxyl groups is 1. The van der Waals surface area contributed by atoms with Crippen molar-refractivity contribution in [3.8, 4) is 17.1 Å². The number of phenols is 1. The number of allylic oxidation sites excluding steroid dienone is 4. The van der Waals surface area contributed by atoms with Gasteiger partial charge in [-0.1, -0.05) is 122 Å². The largest absolute Gasteiger partial charge is 0.507 e. The van der Waals surface area contributed by atoms with Crippen molar-refractivity contribution in [1.29, 1.82) is 0 Å². The molecule has 0 radical (unpaired) electrons. The van der Waals surface area contributed by atoms with E-state index in [0.29, 0.717) is 5.75 Å². The number of hydrogen-bond donors (Lipinski definition) is 1. The first-order chi connectivity index (χ1) is 22.0. The average Bonchev–Trinajstić information content (AvgIpc) is 3.36. The van der Waals surface area contributed by atoms with Crippen LogP contribution in [-0.2, 0) is 17.9 Å². The van der Waals surface area contributed by atoms with Gasteiger partial charge in [0.05, 0.1) is 30.4 Å². The highest BCUT2D eigenvalue weighted by molar-refractivity contribution is 6.88. The lowest BCUT2D eigenvalue weighted by Gasteiger charge is -2.27. The summed E-state index contributed by atoms with van der Waals surface area (Å²) in [7, 11) is 0.611. The molecule has 2 heterocycles. The van der Waals surface area contributed by atoms with Gasteiger partial charge in [-0.2, -0.15) is 0 Å². The molecule has 0 saturated carbocycles. The molecule has 0 saturated heterocycles. The molecule has 4 nitrogen and oxygen atoms in total. The first-order valence-electron chi connectivity index (χ1n) is 16.8. The van der Waals surface area contributed by atoms with Gasteiger partial charge in [-0.25, -0.2) is 4.98 Å². The number of nitrogens with zero attached hydrogens (tertiary/aromatic N) is 3. The molecule has 242 valence electrons. The Balaban J connectivity index is 1.50. The number of hydrogen-bond acceptors (Lipinski definition) is 3. The van der Waals surface area contributed by atoms with Gasteiger partial charge in [0.2, 0.25) is 0 Å². The van der Waals surface area contributed by atoms with Crippen LogP contribution >= 0.6 is 0 Å². The quantitative estimate of drug-likeness (QED) is 0.195. The van der Waals surface area contributed by atoms with Crippen LogP contribution in [0.1, 0.15) is 81.8 Å². The first kappa shape index (κ1) is 32.7. The lowest BCUT2D eigenvalue weighted by Crippen LogP contribution is -2.37. The molecule has 1 unspecified atom stereocenters. The number of phenolic OH excluding ortho intramolecular Hbond substituents is 1. The van der Waals surface area contributed by atoms with E-state index < -0.39 is 8.07 Å². The minimum absolute atomic E-state index is 0.0804. The maximum atomic E-state index is 11.8. The zero-order chi connectivity index (χ0) is 33.9. The third-order valence-electron chi connectivity index (χ3n) is 9.58. The number of imidazole rings is 1. The maximum absolute atomic E-state index is 11.8. The second-order valence-corrected chi connectivity index (χ2v) is 21.4. The van der Waals surface area contributed by atoms with Gasteiger partial charge in [0.15, 0.2) is 0 Å². The van der Waals surface area contributed by atoms with Gasteiger partial charge in [0.1, 0.15) is 11.6 Å². The summed E-state index contributed by atoms with van der Waals surface area (Å²) in [6.45, 7) is 20.2. The molecule has 0 bridgehead atoms. The van der Waals surface area contributed by atoms with Gasteiger partial charge in [-0.15, -0.1) is 0 Å². The van der Waals surface area contributed by atoms with Crippen LogP contribution in [0, 0.1) is 0 Å². The Hall–Kier alpha value is -4.22. The third-order valence-corrected chi connectivity index (χ3v) is 11.6. The number of aryl methyl sites for hydroxylation is 1. The molecule has 0 aliphatic heterocycles. The molecular weight excluding hydrogens is 591 g/mol. The van der Waals surface area contributed by atoms with Crippen molar-refractivity contribution in [2.24, 2.45) is 7.05 Å². The molecule has 5 heteroatoms. The van der Waals surface area contributed by atoms with Gasteiger partial charge < -0.3 is 9.67 Å². The fourth-order valence-corrected chi connectivity index (χ4v) is 7.64. The van der Waals surface area contributed by atoms with Crippen molar-refractivity contribution in [3.63, 3.8) is 0 Å². The van der Waals surface area contributed by atoms with Gasteiger partial charge >= 0.3 is 0 Å². The SMILES string of the molecule is Cn1c(-c2cc(C(C)(C)C)cc(C(C)(C)C)c2O)nc2c(C3C=C(c4ccccc4)C=C(c4ccc([Si](C)(C)C)cn4)C3)cccc21. The first-order valence-corrected chi connectivity index (χ1v) is 20.3. The Bertz CT molecular complexity index is 2010. The topological polar surface area (TPSA) is 50.9 Å². The molecule has 1 atom stereocenters. The molecule has 1 aliphatic rings. The van der Waals surface area contributed by atoms with Crippen LogP contribution in [0.25, 0.3) is 33.6 Å². The predicted octanol–water partition coefficient (Wildman–Crippen LogP) is 10.1. The molecule has 1 aliphatic carbocycles. The smallest absolute Gasteiger partial charge is 0.144 e. The molecule has 0 amide bonds. The number of rotatable bonds is 5. The van der Waals surface area contributed by atoms with Gasteiger partial charge in [0, 0.05) is 24.7 Å². The van der Waals surface area contributed by atoms with E-state index in [1.165, 1.54) is 33.0 Å². The van der Waals surface area contributed by atoms with Crippen LogP contribution in [0.5, 0.6) is 5.75 Å². The van der Waals surface area contributed by atoms with E-state index in [0.717, 1.165) is 40.1 Å². The Morgan fingerprint density at radius 1 is 0.851 bits per heavy atom. The number of benzene rings is 3. The highest BCUT2D eigenvalue weighted by atomic mass is 28.3. The molecular formula is C42H49N3OSi. The Morgan fingerprint density at radius 3 is 2.19 bits per heavy atom. The average molecular weight is 640 g/mol. The van der Waals surface area contributed by atoms with E-state index >= 15 is 0 Å². The molecule has 5 aromatic rings. The highest BCUT2D eigenvalue weighted by Gasteiger charge is 2.29. The monoisotopic (exact) mass is 639 g/mol. The lowest BCUT2D eigenvalue weighted by molar-refractivity contribution is 0.446. The summed E-state index contributed by atoms with van der Waals surface area (Å²) in [5.74, 6) is 1.20. The highest BCUT2D eigenvalue weighted by Crippen LogP contribution is 2.44. The third kappa shape index (κ3) is 6.38. The second-order valence-electron chi connectivity index (χ2n) is 16.3. The van der Waals surface area contributed by atoms with Crippen LogP contribution in [-0.4, -0.2) is 27.7 Å². The predicted molar refractivity (Wildman–Crippen MR) is 202 cm³/mol. The van der Waals surface area contributed by atoms with Crippen LogP contribution in [0.2, 0.25) is 19.6 Å². The Labute approximate surface area is 282 Å². The summed E-state index contributed by atoms with van der Waals surface area (Å²) in [5.41, 5.74) is 10.5. The van der Waals surface area contributed by atoms with Crippen LogP contribution < -0.4 is 5.19 Å². The minimum atomic E-state index is -1.45. The van der Waals surface area contributed by atoms with Crippen LogP contribution in [0.15, 0.2) is 91.1 Å². The second kappa shape index (κ2) is 11.8. The van der Waals surface area contributed by atoms with Crippen molar-refractivity contribution >= 4 is 35.4 Å². The fraction of sp³-hybridized carbons (Fsp3) is 0.333. The summed E-state index contributed by atoms with van der Waals surface area (Å²) < 4.78 is 2.14. The van der Waals surface area contributed by atoms with Crippen molar-refractivity contribution in [3.05, 3.63) is 119 Å².